The van der Waals surface area contributed by atoms with Crippen LogP contribution in [0.5, 0.6) is 0 Å². The van der Waals surface area contributed by atoms with Crippen molar-refractivity contribution >= 4 is 18.1 Å². The highest BCUT2D eigenvalue weighted by Gasteiger charge is 2.63. The highest BCUT2D eigenvalue weighted by Crippen LogP contribution is 2.45. The molecule has 0 aromatic rings. The molecule has 2 aliphatic heterocycles. The van der Waals surface area contributed by atoms with Crippen molar-refractivity contribution in [1.82, 2.24) is 0 Å². The minimum absolute atomic E-state index is 0.0673. The van der Waals surface area contributed by atoms with Crippen LogP contribution in [-0.4, -0.2) is 42.1 Å². The van der Waals surface area contributed by atoms with Crippen LogP contribution in [-0.2, 0) is 13.6 Å². The van der Waals surface area contributed by atoms with Crippen molar-refractivity contribution in [2.75, 3.05) is 6.61 Å². The Hall–Kier alpha value is 0.314. The molecule has 3 atom stereocenters. The number of ether oxygens (including phenoxy) is 2. The quantitative estimate of drug-likeness (QED) is 0.501. The van der Waals surface area contributed by atoms with Gasteiger partial charge in [0.2, 0.25) is 0 Å². The normalized spacial score (nSPS) is 36.7. The van der Waals surface area contributed by atoms with Gasteiger partial charge in [-0.15, -0.1) is 0 Å². The third-order valence-corrected chi connectivity index (χ3v) is 10.5. The SMILES string of the molecule is CCCC1OC1C1([SiH2]O[Si](C)(C)CCC)CO1. The summed E-state index contributed by atoms with van der Waals surface area (Å²) >= 11 is 0. The molecule has 0 aromatic carbocycles. The number of rotatable bonds is 8. The molecule has 2 saturated heterocycles. The second kappa shape index (κ2) is 5.13. The lowest BCUT2D eigenvalue weighted by Gasteiger charge is -2.24. The zero-order valence-electron chi connectivity index (χ0n) is 11.6. The van der Waals surface area contributed by atoms with Crippen molar-refractivity contribution in [2.45, 2.75) is 69.7 Å². The van der Waals surface area contributed by atoms with Gasteiger partial charge < -0.3 is 13.6 Å². The summed E-state index contributed by atoms with van der Waals surface area (Å²) < 4.78 is 17.8. The number of epoxide rings is 2. The van der Waals surface area contributed by atoms with Gasteiger partial charge in [0.15, 0.2) is 18.1 Å². The Labute approximate surface area is 108 Å². The summed E-state index contributed by atoms with van der Waals surface area (Å²) in [5.41, 5.74) is 0. The first kappa shape index (κ1) is 13.7. The lowest BCUT2D eigenvalue weighted by atomic mass is 10.2. The van der Waals surface area contributed by atoms with Gasteiger partial charge in [-0.05, 0) is 25.6 Å². The van der Waals surface area contributed by atoms with Gasteiger partial charge in [-0.2, -0.15) is 0 Å². The third-order valence-electron chi connectivity index (χ3n) is 3.75. The first-order valence-corrected chi connectivity index (χ1v) is 11.4. The van der Waals surface area contributed by atoms with Gasteiger partial charge in [0, 0.05) is 0 Å². The summed E-state index contributed by atoms with van der Waals surface area (Å²) in [4.78, 5) is 0. The van der Waals surface area contributed by atoms with Crippen LogP contribution in [0.15, 0.2) is 0 Å². The zero-order valence-corrected chi connectivity index (χ0v) is 14.0. The molecule has 2 aliphatic rings. The van der Waals surface area contributed by atoms with E-state index in [9.17, 15) is 0 Å². The van der Waals surface area contributed by atoms with Crippen LogP contribution in [0, 0.1) is 0 Å². The molecule has 17 heavy (non-hydrogen) atoms. The molecule has 0 N–H and O–H groups in total. The minimum Gasteiger partial charge on any atom is -0.458 e. The predicted octanol–water partition coefficient (Wildman–Crippen LogP) is 2.00. The second-order valence-corrected chi connectivity index (χ2v) is 12.7. The molecular weight excluding hydrogens is 248 g/mol. The van der Waals surface area contributed by atoms with Gasteiger partial charge in [-0.1, -0.05) is 26.7 Å². The molecule has 3 nitrogen and oxygen atoms in total. The van der Waals surface area contributed by atoms with E-state index in [-0.39, 0.29) is 5.22 Å². The summed E-state index contributed by atoms with van der Waals surface area (Å²) in [6, 6.07) is 1.26. The van der Waals surface area contributed by atoms with Crippen molar-refractivity contribution in [3.63, 3.8) is 0 Å². The van der Waals surface area contributed by atoms with Crippen LogP contribution in [0.25, 0.3) is 0 Å². The molecule has 5 heteroatoms. The summed E-state index contributed by atoms with van der Waals surface area (Å²) in [5, 5.41) is 0.0673. The fourth-order valence-corrected chi connectivity index (χ4v) is 7.64. The molecule has 2 rings (SSSR count). The lowest BCUT2D eigenvalue weighted by Crippen LogP contribution is -2.40. The second-order valence-electron chi connectivity index (χ2n) is 6.04. The van der Waals surface area contributed by atoms with Gasteiger partial charge in [0.1, 0.15) is 11.3 Å². The van der Waals surface area contributed by atoms with Gasteiger partial charge >= 0.3 is 0 Å². The maximum absolute atomic E-state index is 6.30. The van der Waals surface area contributed by atoms with Crippen molar-refractivity contribution in [1.29, 1.82) is 0 Å². The maximum atomic E-state index is 6.30. The Balaban J connectivity index is 1.76. The highest BCUT2D eigenvalue weighted by molar-refractivity contribution is 6.75. The average molecular weight is 275 g/mol. The van der Waals surface area contributed by atoms with Crippen LogP contribution in [0.1, 0.15) is 33.1 Å². The highest BCUT2D eigenvalue weighted by atomic mass is 28.4. The fraction of sp³-hybridized carbons (Fsp3) is 1.00. The first-order valence-electron chi connectivity index (χ1n) is 6.96. The van der Waals surface area contributed by atoms with E-state index in [1.54, 1.807) is 0 Å². The van der Waals surface area contributed by atoms with E-state index in [1.165, 1.54) is 25.3 Å². The number of hydrogen-bond acceptors (Lipinski definition) is 3. The zero-order chi connectivity index (χ0) is 12.5. The van der Waals surface area contributed by atoms with E-state index >= 15 is 0 Å². The molecule has 0 spiro atoms. The van der Waals surface area contributed by atoms with E-state index < -0.39 is 18.1 Å². The number of hydrogen-bond donors (Lipinski definition) is 0. The fourth-order valence-electron chi connectivity index (χ4n) is 2.52. The van der Waals surface area contributed by atoms with Crippen LogP contribution < -0.4 is 0 Å². The largest absolute Gasteiger partial charge is 0.458 e. The molecule has 0 amide bonds. The molecular formula is C12H26O3Si2. The van der Waals surface area contributed by atoms with Gasteiger partial charge in [-0.25, -0.2) is 0 Å². The van der Waals surface area contributed by atoms with Crippen LogP contribution >= 0.6 is 0 Å². The van der Waals surface area contributed by atoms with Crippen molar-refractivity contribution in [2.24, 2.45) is 0 Å². The van der Waals surface area contributed by atoms with Crippen LogP contribution in [0.2, 0.25) is 19.1 Å². The van der Waals surface area contributed by atoms with Crippen LogP contribution in [0.3, 0.4) is 0 Å². The summed E-state index contributed by atoms with van der Waals surface area (Å²) in [5.74, 6) is 0. The van der Waals surface area contributed by atoms with E-state index in [2.05, 4.69) is 26.9 Å². The molecule has 2 fully saturated rings. The van der Waals surface area contributed by atoms with Crippen molar-refractivity contribution in [3.05, 3.63) is 0 Å². The summed E-state index contributed by atoms with van der Waals surface area (Å²) in [6.07, 6.45) is 4.46. The third kappa shape index (κ3) is 3.41. The molecule has 0 aliphatic carbocycles. The van der Waals surface area contributed by atoms with Crippen LogP contribution in [0.4, 0.5) is 0 Å². The van der Waals surface area contributed by atoms with Gasteiger partial charge in [-0.3, -0.25) is 0 Å². The standard InChI is InChI=1S/C12H26O3Si2/c1-5-7-10-11(14-10)12(9-13-12)16-15-17(3,4)8-6-2/h10-11H,5-9,16H2,1-4H3. The molecule has 3 unspecified atom stereocenters. The van der Waals surface area contributed by atoms with Crippen molar-refractivity contribution in [3.8, 4) is 0 Å². The Morgan fingerprint density at radius 2 is 2.06 bits per heavy atom. The van der Waals surface area contributed by atoms with E-state index in [4.69, 9.17) is 13.6 Å². The Bertz CT molecular complexity index is 266. The Kier molecular flexibility index (Phi) is 4.14. The summed E-state index contributed by atoms with van der Waals surface area (Å²) in [6.45, 7) is 10.0. The monoisotopic (exact) mass is 274 g/mol. The molecule has 0 radical (unpaired) electrons. The Morgan fingerprint density at radius 3 is 2.59 bits per heavy atom. The van der Waals surface area contributed by atoms with Crippen molar-refractivity contribution < 1.29 is 13.6 Å². The first-order chi connectivity index (χ1) is 8.03. The van der Waals surface area contributed by atoms with E-state index in [0.29, 0.717) is 12.2 Å². The minimum atomic E-state index is -1.41. The maximum Gasteiger partial charge on any atom is 0.186 e. The predicted molar refractivity (Wildman–Crippen MR) is 74.5 cm³/mol. The lowest BCUT2D eigenvalue weighted by molar-refractivity contribution is 0.279. The summed E-state index contributed by atoms with van der Waals surface area (Å²) in [7, 11) is -2.00. The van der Waals surface area contributed by atoms with Gasteiger partial charge in [0.05, 0.1) is 12.7 Å². The Morgan fingerprint density at radius 1 is 1.35 bits per heavy atom. The molecule has 0 saturated carbocycles. The van der Waals surface area contributed by atoms with E-state index in [1.807, 2.05) is 0 Å². The molecule has 0 aromatic heterocycles. The topological polar surface area (TPSA) is 34.3 Å². The smallest absolute Gasteiger partial charge is 0.186 e. The van der Waals surface area contributed by atoms with Gasteiger partial charge in [0.25, 0.3) is 0 Å². The average Bonchev–Trinajstić information content (AvgIpc) is 3.09. The molecule has 100 valence electrons. The molecule has 0 bridgehead atoms. The van der Waals surface area contributed by atoms with E-state index in [0.717, 1.165) is 6.61 Å². The molecule has 2 heterocycles.